The molecule has 2 aromatic carbocycles. The number of carbonyl (C=O) groups is 1. The highest BCUT2D eigenvalue weighted by atomic mass is 16.4. The molecule has 0 fully saturated rings. The van der Waals surface area contributed by atoms with Crippen LogP contribution in [0.25, 0.3) is 10.8 Å². The van der Waals surface area contributed by atoms with Crippen LogP contribution in [0, 0.1) is 11.8 Å². The van der Waals surface area contributed by atoms with Gasteiger partial charge >= 0.3 is 5.97 Å². The lowest BCUT2D eigenvalue weighted by Crippen LogP contribution is -1.87. The Balaban J connectivity index is 2.49. The van der Waals surface area contributed by atoms with Crippen LogP contribution < -0.4 is 0 Å². The zero-order valence-corrected chi connectivity index (χ0v) is 7.90. The molecule has 15 heavy (non-hydrogen) atoms. The summed E-state index contributed by atoms with van der Waals surface area (Å²) in [6.07, 6.45) is 0. The highest BCUT2D eigenvalue weighted by Gasteiger charge is 1.93. The molecule has 2 rings (SSSR count). The van der Waals surface area contributed by atoms with Gasteiger partial charge in [0.25, 0.3) is 0 Å². The predicted molar refractivity (Wildman–Crippen MR) is 58.5 cm³/mol. The Bertz CT molecular complexity index is 574. The maximum atomic E-state index is 10.3. The van der Waals surface area contributed by atoms with Gasteiger partial charge in [-0.1, -0.05) is 36.3 Å². The van der Waals surface area contributed by atoms with Gasteiger partial charge in [0, 0.05) is 11.5 Å². The van der Waals surface area contributed by atoms with E-state index in [1.165, 1.54) is 0 Å². The summed E-state index contributed by atoms with van der Waals surface area (Å²) >= 11 is 0. The summed E-state index contributed by atoms with van der Waals surface area (Å²) in [7, 11) is 0. The zero-order valence-electron chi connectivity index (χ0n) is 7.90. The van der Waals surface area contributed by atoms with Crippen LogP contribution in [0.5, 0.6) is 0 Å². The normalized spacial score (nSPS) is 9.33. The summed E-state index contributed by atoms with van der Waals surface area (Å²) in [5.41, 5.74) is 0.719. The molecular weight excluding hydrogens is 188 g/mol. The van der Waals surface area contributed by atoms with E-state index in [1.807, 2.05) is 42.5 Å². The first-order chi connectivity index (χ1) is 7.25. The van der Waals surface area contributed by atoms with Crippen LogP contribution in [0.15, 0.2) is 42.5 Å². The molecule has 0 amide bonds. The second-order valence-electron chi connectivity index (χ2n) is 3.12. The van der Waals surface area contributed by atoms with Crippen LogP contribution in [0.4, 0.5) is 0 Å². The van der Waals surface area contributed by atoms with Gasteiger partial charge in [0.2, 0.25) is 0 Å². The topological polar surface area (TPSA) is 37.3 Å². The van der Waals surface area contributed by atoms with Crippen molar-refractivity contribution < 1.29 is 9.90 Å². The Kier molecular flexibility index (Phi) is 2.38. The quantitative estimate of drug-likeness (QED) is 0.656. The third-order valence-corrected chi connectivity index (χ3v) is 2.06. The minimum atomic E-state index is -1.11. The maximum Gasteiger partial charge on any atom is 0.382 e. The number of hydrogen-bond donors (Lipinski definition) is 1. The average Bonchev–Trinajstić information content (AvgIpc) is 2.26. The molecule has 0 saturated carbocycles. The molecule has 1 N–H and O–H groups in total. The second-order valence-corrected chi connectivity index (χ2v) is 3.12. The van der Waals surface area contributed by atoms with Crippen molar-refractivity contribution in [3.63, 3.8) is 0 Å². The van der Waals surface area contributed by atoms with E-state index in [1.54, 1.807) is 0 Å². The lowest BCUT2D eigenvalue weighted by atomic mass is 10.1. The third kappa shape index (κ3) is 2.15. The van der Waals surface area contributed by atoms with Gasteiger partial charge in [0.05, 0.1) is 0 Å². The molecule has 0 heterocycles. The Morgan fingerprint density at radius 2 is 1.80 bits per heavy atom. The number of fused-ring (bicyclic) bond motifs is 1. The first-order valence-electron chi connectivity index (χ1n) is 4.49. The Morgan fingerprint density at radius 1 is 1.07 bits per heavy atom. The maximum absolute atomic E-state index is 10.3. The van der Waals surface area contributed by atoms with Crippen molar-refractivity contribution in [3.8, 4) is 11.8 Å². The summed E-state index contributed by atoms with van der Waals surface area (Å²) in [5, 5.41) is 10.6. The van der Waals surface area contributed by atoms with Crippen LogP contribution >= 0.6 is 0 Å². The minimum absolute atomic E-state index is 0.719. The average molecular weight is 196 g/mol. The Hall–Kier alpha value is -2.27. The number of carboxylic acids is 1. The highest BCUT2D eigenvalue weighted by molar-refractivity contribution is 5.88. The smallest absolute Gasteiger partial charge is 0.382 e. The first kappa shape index (κ1) is 9.29. The highest BCUT2D eigenvalue weighted by Crippen LogP contribution is 2.14. The molecular formula is C13H8O2. The van der Waals surface area contributed by atoms with E-state index in [0.29, 0.717) is 0 Å². The van der Waals surface area contributed by atoms with Gasteiger partial charge in [-0.2, -0.15) is 0 Å². The number of benzene rings is 2. The number of rotatable bonds is 0. The molecule has 0 aromatic heterocycles. The van der Waals surface area contributed by atoms with Crippen molar-refractivity contribution >= 4 is 16.7 Å². The fourth-order valence-corrected chi connectivity index (χ4v) is 1.39. The van der Waals surface area contributed by atoms with Crippen LogP contribution in [-0.2, 0) is 4.79 Å². The SMILES string of the molecule is O=C(O)C#Cc1ccc2ccccc2c1. The molecule has 0 aliphatic rings. The fraction of sp³-hybridized carbons (Fsp3) is 0. The molecule has 2 nitrogen and oxygen atoms in total. The van der Waals surface area contributed by atoms with Crippen molar-refractivity contribution in [2.24, 2.45) is 0 Å². The van der Waals surface area contributed by atoms with Crippen molar-refractivity contribution in [2.75, 3.05) is 0 Å². The van der Waals surface area contributed by atoms with Crippen LogP contribution in [0.3, 0.4) is 0 Å². The number of hydrogen-bond acceptors (Lipinski definition) is 1. The molecule has 0 unspecified atom stereocenters. The lowest BCUT2D eigenvalue weighted by molar-refractivity contribution is -0.130. The Labute approximate surface area is 87.2 Å². The molecule has 0 spiro atoms. The van der Waals surface area contributed by atoms with E-state index in [9.17, 15) is 4.79 Å². The van der Waals surface area contributed by atoms with Crippen LogP contribution in [0.1, 0.15) is 5.56 Å². The number of aliphatic carboxylic acids is 1. The van der Waals surface area contributed by atoms with Crippen molar-refractivity contribution in [2.45, 2.75) is 0 Å². The zero-order chi connectivity index (χ0) is 10.7. The van der Waals surface area contributed by atoms with Gasteiger partial charge in [-0.3, -0.25) is 0 Å². The molecule has 2 aromatic rings. The summed E-state index contributed by atoms with van der Waals surface area (Å²) in [4.78, 5) is 10.3. The van der Waals surface area contributed by atoms with E-state index in [4.69, 9.17) is 5.11 Å². The molecule has 0 aliphatic carbocycles. The lowest BCUT2D eigenvalue weighted by Gasteiger charge is -1.96. The van der Waals surface area contributed by atoms with Gasteiger partial charge in [0.1, 0.15) is 0 Å². The second kappa shape index (κ2) is 3.85. The van der Waals surface area contributed by atoms with E-state index in [0.717, 1.165) is 16.3 Å². The van der Waals surface area contributed by atoms with Crippen LogP contribution in [0.2, 0.25) is 0 Å². The number of carboxylic acid groups (broad SMARTS) is 1. The van der Waals surface area contributed by atoms with Crippen molar-refractivity contribution in [1.29, 1.82) is 0 Å². The molecule has 2 heteroatoms. The van der Waals surface area contributed by atoms with E-state index < -0.39 is 5.97 Å². The standard InChI is InChI=1S/C13H8O2/c14-13(15)8-6-10-5-7-11-3-1-2-4-12(11)9-10/h1-5,7,9H,(H,14,15). The van der Waals surface area contributed by atoms with Gasteiger partial charge < -0.3 is 5.11 Å². The third-order valence-electron chi connectivity index (χ3n) is 2.06. The summed E-state index contributed by atoms with van der Waals surface area (Å²) < 4.78 is 0. The summed E-state index contributed by atoms with van der Waals surface area (Å²) in [5.74, 6) is 3.57. The fourth-order valence-electron chi connectivity index (χ4n) is 1.39. The van der Waals surface area contributed by atoms with Gasteiger partial charge in [-0.05, 0) is 22.9 Å². The van der Waals surface area contributed by atoms with Crippen molar-refractivity contribution in [1.82, 2.24) is 0 Å². The molecule has 0 saturated heterocycles. The van der Waals surface area contributed by atoms with Gasteiger partial charge in [-0.15, -0.1) is 0 Å². The largest absolute Gasteiger partial charge is 0.472 e. The molecule has 0 atom stereocenters. The van der Waals surface area contributed by atoms with Gasteiger partial charge in [0.15, 0.2) is 0 Å². The monoisotopic (exact) mass is 196 g/mol. The summed E-state index contributed by atoms with van der Waals surface area (Å²) in [6, 6.07) is 13.5. The Morgan fingerprint density at radius 3 is 2.53 bits per heavy atom. The minimum Gasteiger partial charge on any atom is -0.472 e. The predicted octanol–water partition coefficient (Wildman–Crippen LogP) is 2.28. The molecule has 0 bridgehead atoms. The van der Waals surface area contributed by atoms with E-state index >= 15 is 0 Å². The van der Waals surface area contributed by atoms with Crippen LogP contribution in [-0.4, -0.2) is 11.1 Å². The van der Waals surface area contributed by atoms with Crippen molar-refractivity contribution in [3.05, 3.63) is 48.0 Å². The summed E-state index contributed by atoms with van der Waals surface area (Å²) in [6.45, 7) is 0. The molecule has 0 aliphatic heterocycles. The van der Waals surface area contributed by atoms with E-state index in [2.05, 4.69) is 11.8 Å². The van der Waals surface area contributed by atoms with Gasteiger partial charge in [-0.25, -0.2) is 4.79 Å². The molecule has 0 radical (unpaired) electrons. The first-order valence-corrected chi connectivity index (χ1v) is 4.49. The van der Waals surface area contributed by atoms with E-state index in [-0.39, 0.29) is 0 Å². The molecule has 72 valence electrons.